The molecule has 3 rings (SSSR count). The van der Waals surface area contributed by atoms with Crippen molar-refractivity contribution in [2.75, 3.05) is 37.6 Å². The van der Waals surface area contributed by atoms with Gasteiger partial charge in [-0.2, -0.15) is 0 Å². The number of H-pyrrole nitrogens is 1. The molecule has 39 heavy (non-hydrogen) atoms. The largest absolute Gasteiger partial charge is 0.358 e. The molecule has 5 N–H and O–H groups in total. The highest BCUT2D eigenvalue weighted by atomic mass is 19.1. The zero-order valence-electron chi connectivity index (χ0n) is 23.1. The number of carbonyl (C=O) groups is 4. The van der Waals surface area contributed by atoms with Crippen LogP contribution >= 0.6 is 0 Å². The first kappa shape index (κ1) is 29.7. The van der Waals surface area contributed by atoms with Crippen molar-refractivity contribution in [1.29, 1.82) is 0 Å². The summed E-state index contributed by atoms with van der Waals surface area (Å²) in [4.78, 5) is 57.8. The first-order chi connectivity index (χ1) is 18.5. The fourth-order valence-corrected chi connectivity index (χ4v) is 4.72. The summed E-state index contributed by atoms with van der Waals surface area (Å²) in [5.74, 6) is -1.79. The summed E-state index contributed by atoms with van der Waals surface area (Å²) in [5.41, 5.74) is 8.25. The van der Waals surface area contributed by atoms with Crippen molar-refractivity contribution in [2.45, 2.75) is 47.1 Å². The maximum Gasteiger partial charge on any atom is 0.329 e. The third-order valence-electron chi connectivity index (χ3n) is 6.97. The van der Waals surface area contributed by atoms with Crippen LogP contribution in [0, 0.1) is 19.7 Å². The number of halogens is 1. The number of Topliss-reactive ketones (excluding diaryl/α,β-unsaturated/α-hetero) is 1. The maximum absolute atomic E-state index is 14.2. The number of nitrogens with two attached hydrogens (primary N) is 1. The van der Waals surface area contributed by atoms with E-state index in [-0.39, 0.29) is 41.5 Å². The fraction of sp³-hybridized carbons (Fsp3) is 0.429. The molecule has 11 heteroatoms. The number of aryl methyl sites for hydroxylation is 1. The predicted molar refractivity (Wildman–Crippen MR) is 149 cm³/mol. The molecule has 0 saturated carbocycles. The molecular weight excluding hydrogens is 503 g/mol. The minimum Gasteiger partial charge on any atom is -0.358 e. The third kappa shape index (κ3) is 6.43. The molecule has 0 bridgehead atoms. The minimum absolute atomic E-state index is 0.0793. The first-order valence-electron chi connectivity index (χ1n) is 13.1. The van der Waals surface area contributed by atoms with E-state index in [0.29, 0.717) is 29.1 Å². The van der Waals surface area contributed by atoms with Crippen molar-refractivity contribution in [2.24, 2.45) is 5.73 Å². The molecule has 10 nitrogen and oxygen atoms in total. The van der Waals surface area contributed by atoms with Gasteiger partial charge in [-0.3, -0.25) is 14.4 Å². The van der Waals surface area contributed by atoms with E-state index in [1.54, 1.807) is 13.8 Å². The number of likely N-dealkylation sites (N-methyl/N-ethyl adjacent to an activating group) is 1. The molecule has 0 unspecified atom stereocenters. The van der Waals surface area contributed by atoms with Gasteiger partial charge in [0.25, 0.3) is 11.8 Å². The Kier molecular flexibility index (Phi) is 9.76. The monoisotopic (exact) mass is 540 g/mol. The zero-order valence-corrected chi connectivity index (χ0v) is 23.1. The Bertz CT molecular complexity index is 1300. The van der Waals surface area contributed by atoms with Crippen molar-refractivity contribution in [3.05, 3.63) is 52.1 Å². The third-order valence-corrected chi connectivity index (χ3v) is 6.97. The smallest absolute Gasteiger partial charge is 0.329 e. The Morgan fingerprint density at radius 3 is 2.51 bits per heavy atom. The van der Waals surface area contributed by atoms with Crippen LogP contribution in [-0.2, 0) is 9.59 Å². The topological polar surface area (TPSA) is 141 Å². The molecule has 210 valence electrons. The number of carbonyl (C=O) groups excluding carboxylic acids is 4. The minimum atomic E-state index is -0.858. The molecule has 1 aromatic carbocycles. The summed E-state index contributed by atoms with van der Waals surface area (Å²) in [5, 5.41) is 5.50. The average Bonchev–Trinajstić information content (AvgIpc) is 3.32. The van der Waals surface area contributed by atoms with Gasteiger partial charge in [0.05, 0.1) is 22.9 Å². The first-order valence-corrected chi connectivity index (χ1v) is 13.1. The van der Waals surface area contributed by atoms with Crippen LogP contribution in [0.15, 0.2) is 18.2 Å². The van der Waals surface area contributed by atoms with Gasteiger partial charge in [-0.1, -0.05) is 13.8 Å². The second kappa shape index (κ2) is 12.8. The lowest BCUT2D eigenvalue weighted by atomic mass is 10.0. The average molecular weight is 541 g/mol. The van der Waals surface area contributed by atoms with Crippen LogP contribution < -0.4 is 21.3 Å². The van der Waals surface area contributed by atoms with E-state index in [2.05, 4.69) is 34.4 Å². The number of urea groups is 1. The van der Waals surface area contributed by atoms with Crippen LogP contribution in [0.2, 0.25) is 0 Å². The van der Waals surface area contributed by atoms with E-state index in [1.807, 2.05) is 0 Å². The highest BCUT2D eigenvalue weighted by Gasteiger charge is 2.38. The number of nitrogens with one attached hydrogen (secondary N) is 3. The van der Waals surface area contributed by atoms with Gasteiger partial charge in [0, 0.05) is 30.0 Å². The highest BCUT2D eigenvalue weighted by molar-refractivity contribution is 6.42. The number of aromatic amines is 1. The Hall–Kier alpha value is -3.83. The number of aromatic nitrogens is 1. The number of rotatable bonds is 11. The van der Waals surface area contributed by atoms with Crippen molar-refractivity contribution in [3.63, 3.8) is 0 Å². The van der Waals surface area contributed by atoms with Crippen LogP contribution in [0.1, 0.15) is 60.1 Å². The number of imide groups is 1. The normalized spacial score (nSPS) is 14.6. The molecule has 1 atom stereocenters. The molecule has 1 aliphatic rings. The molecule has 0 aliphatic carbocycles. The van der Waals surface area contributed by atoms with Crippen LogP contribution in [-0.4, -0.2) is 72.3 Å². The van der Waals surface area contributed by atoms with E-state index >= 15 is 0 Å². The van der Waals surface area contributed by atoms with E-state index in [1.165, 1.54) is 25.1 Å². The molecule has 0 spiro atoms. The summed E-state index contributed by atoms with van der Waals surface area (Å²) in [6.07, 6.45) is 1.73. The van der Waals surface area contributed by atoms with Crippen molar-refractivity contribution in [1.82, 2.24) is 20.5 Å². The number of fused-ring (bicyclic) bond motifs is 1. The second-order valence-corrected chi connectivity index (χ2v) is 9.50. The van der Waals surface area contributed by atoms with Gasteiger partial charge in [-0.25, -0.2) is 14.1 Å². The number of nitrogens with zero attached hydrogens (tertiary/aromatic N) is 2. The standard InChI is InChI=1S/C28H37FN6O4/c1-6-34(7-2)13-12-31-26(37)25-16(3)23(32-17(25)4)15-21-20-14-19(29)8-9-24(20)35(27(21)38)28(39)33-22(10-11-30)18(5)36/h8-9,14-15,22,32H,6-7,10-13,30H2,1-5H3,(H,31,37)(H,33,39)/b21-15-/t22-/m0/s1. The van der Waals surface area contributed by atoms with Crippen molar-refractivity contribution < 1.29 is 23.6 Å². The number of hydrogen-bond acceptors (Lipinski definition) is 6. The lowest BCUT2D eigenvalue weighted by Gasteiger charge is -2.20. The molecule has 2 aromatic rings. The molecule has 2 heterocycles. The van der Waals surface area contributed by atoms with Gasteiger partial charge in [0.15, 0.2) is 5.78 Å². The Morgan fingerprint density at radius 1 is 1.21 bits per heavy atom. The molecule has 0 saturated heterocycles. The fourth-order valence-electron chi connectivity index (χ4n) is 4.72. The zero-order chi connectivity index (χ0) is 28.9. The predicted octanol–water partition coefficient (Wildman–Crippen LogP) is 2.75. The van der Waals surface area contributed by atoms with E-state index < -0.39 is 23.8 Å². The summed E-state index contributed by atoms with van der Waals surface area (Å²) in [7, 11) is 0. The molecule has 1 aliphatic heterocycles. The summed E-state index contributed by atoms with van der Waals surface area (Å²) in [6, 6.07) is 2.01. The van der Waals surface area contributed by atoms with E-state index in [9.17, 15) is 23.6 Å². The van der Waals surface area contributed by atoms with Crippen LogP contribution in [0.3, 0.4) is 0 Å². The maximum atomic E-state index is 14.2. The molecule has 1 aromatic heterocycles. The highest BCUT2D eigenvalue weighted by Crippen LogP contribution is 2.39. The number of benzene rings is 1. The Balaban J connectivity index is 1.93. The van der Waals surface area contributed by atoms with Crippen LogP contribution in [0.4, 0.5) is 14.9 Å². The number of hydrogen-bond donors (Lipinski definition) is 4. The summed E-state index contributed by atoms with van der Waals surface area (Å²) < 4.78 is 14.2. The van der Waals surface area contributed by atoms with E-state index in [0.717, 1.165) is 30.6 Å². The van der Waals surface area contributed by atoms with Crippen LogP contribution in [0.25, 0.3) is 11.6 Å². The van der Waals surface area contributed by atoms with Gasteiger partial charge >= 0.3 is 6.03 Å². The van der Waals surface area contributed by atoms with Crippen molar-refractivity contribution in [3.8, 4) is 0 Å². The van der Waals surface area contributed by atoms with Gasteiger partial charge in [0.1, 0.15) is 5.82 Å². The lowest BCUT2D eigenvalue weighted by molar-refractivity contribution is -0.119. The Labute approximate surface area is 227 Å². The van der Waals surface area contributed by atoms with Gasteiger partial charge in [-0.05, 0) is 76.7 Å². The second-order valence-electron chi connectivity index (χ2n) is 9.50. The van der Waals surface area contributed by atoms with Crippen LogP contribution in [0.5, 0.6) is 0 Å². The molecule has 0 radical (unpaired) electrons. The van der Waals surface area contributed by atoms with Gasteiger partial charge in [-0.15, -0.1) is 0 Å². The van der Waals surface area contributed by atoms with Crippen molar-refractivity contribution >= 4 is 41.0 Å². The lowest BCUT2D eigenvalue weighted by Crippen LogP contribution is -2.49. The molecular formula is C28H37FN6O4. The van der Waals surface area contributed by atoms with Gasteiger partial charge in [0.2, 0.25) is 0 Å². The van der Waals surface area contributed by atoms with Gasteiger partial charge < -0.3 is 26.3 Å². The SMILES string of the molecule is CCN(CC)CCNC(=O)c1c(C)[nH]c(/C=C2\C(=O)N(C(=O)N[C@@H](CCN)C(C)=O)c3ccc(F)cc32)c1C. The summed E-state index contributed by atoms with van der Waals surface area (Å²) >= 11 is 0. The number of amides is 4. The molecule has 4 amide bonds. The Morgan fingerprint density at radius 2 is 1.90 bits per heavy atom. The summed E-state index contributed by atoms with van der Waals surface area (Å²) in [6.45, 7) is 12.1. The molecule has 0 fully saturated rings. The van der Waals surface area contributed by atoms with E-state index in [4.69, 9.17) is 5.73 Å². The number of ketones is 1. The number of anilines is 1. The quantitative estimate of drug-likeness (QED) is 0.323.